The average Bonchev–Trinajstić information content (AvgIpc) is 3.53. The minimum absolute atomic E-state index is 0.140. The van der Waals surface area contributed by atoms with Gasteiger partial charge in [-0.3, -0.25) is 14.6 Å². The monoisotopic (exact) mass is 576 g/mol. The molecule has 3 N–H and O–H groups in total. The van der Waals surface area contributed by atoms with Crippen molar-refractivity contribution in [2.45, 2.75) is 63.9 Å². The second kappa shape index (κ2) is 11.1. The van der Waals surface area contributed by atoms with Crippen molar-refractivity contribution in [1.29, 1.82) is 0 Å². The molecule has 5 rings (SSSR count). The van der Waals surface area contributed by atoms with Crippen LogP contribution in [0.25, 0.3) is 11.1 Å². The molecule has 41 heavy (non-hydrogen) atoms. The number of alkyl carbamates (subject to hydrolysis) is 1. The Balaban J connectivity index is 1.31. The number of fused-ring (bicyclic) bond motifs is 3. The van der Waals surface area contributed by atoms with Crippen molar-refractivity contribution in [3.8, 4) is 11.1 Å². The summed E-state index contributed by atoms with van der Waals surface area (Å²) in [7, 11) is 0. The van der Waals surface area contributed by atoms with Crippen molar-refractivity contribution in [2.75, 3.05) is 6.54 Å². The zero-order valence-corrected chi connectivity index (χ0v) is 24.0. The third-order valence-corrected chi connectivity index (χ3v) is 7.56. The number of ether oxygens (including phenoxy) is 1. The van der Waals surface area contributed by atoms with Crippen LogP contribution in [0, 0.1) is 0 Å². The maximum atomic E-state index is 14.0. The zero-order valence-electron chi connectivity index (χ0n) is 23.2. The minimum atomic E-state index is -1.98. The molecular weight excluding hydrogens is 544 g/mol. The Labute approximate surface area is 243 Å². The van der Waals surface area contributed by atoms with Crippen molar-refractivity contribution in [2.24, 2.45) is 0 Å². The van der Waals surface area contributed by atoms with Crippen LogP contribution in [0.4, 0.5) is 4.79 Å². The first-order valence-corrected chi connectivity index (χ1v) is 14.0. The van der Waals surface area contributed by atoms with E-state index in [2.05, 4.69) is 15.6 Å². The standard InChI is InChI=1S/C31H33ClN4O5/c1-30(2,3)41-29(39)35-17-19-12-13-21(32)16-20(19)18-34-27(37)25-11-7-15-36(25)28(38)31(40)24-10-5-4-8-22(24)23-9-6-14-33-26(23)31/h4-6,8-10,12-14,16,25,40H,7,11,15,17-18H2,1-3H3,(H,34,37)(H,35,39)/t25-,31?/m0/s1. The van der Waals surface area contributed by atoms with Gasteiger partial charge in [0.05, 0.1) is 5.69 Å². The first kappa shape index (κ1) is 28.6. The highest BCUT2D eigenvalue weighted by Crippen LogP contribution is 2.47. The number of amides is 3. The van der Waals surface area contributed by atoms with E-state index in [1.165, 1.54) is 4.90 Å². The Bertz CT molecular complexity index is 1460. The van der Waals surface area contributed by atoms with Gasteiger partial charge in [-0.1, -0.05) is 48.0 Å². The predicted octanol–water partition coefficient (Wildman–Crippen LogP) is 4.28. The first-order chi connectivity index (χ1) is 19.5. The lowest BCUT2D eigenvalue weighted by atomic mass is 9.92. The van der Waals surface area contributed by atoms with Gasteiger partial charge in [0.1, 0.15) is 11.6 Å². The van der Waals surface area contributed by atoms with Gasteiger partial charge in [0, 0.05) is 42.0 Å². The molecule has 1 aromatic heterocycles. The third kappa shape index (κ3) is 5.64. The summed E-state index contributed by atoms with van der Waals surface area (Å²) in [5, 5.41) is 18.1. The van der Waals surface area contributed by atoms with Crippen LogP contribution in [-0.2, 0) is 33.0 Å². The number of likely N-dealkylation sites (tertiary alicyclic amines) is 1. The number of aliphatic hydroxyl groups is 1. The van der Waals surface area contributed by atoms with Crippen LogP contribution in [0.3, 0.4) is 0 Å². The molecule has 0 spiro atoms. The average molecular weight is 577 g/mol. The molecule has 1 unspecified atom stereocenters. The van der Waals surface area contributed by atoms with E-state index in [4.69, 9.17) is 16.3 Å². The van der Waals surface area contributed by atoms with Crippen LogP contribution in [0.1, 0.15) is 56.0 Å². The molecule has 2 aliphatic rings. The van der Waals surface area contributed by atoms with E-state index in [1.54, 1.807) is 63.4 Å². The van der Waals surface area contributed by atoms with Gasteiger partial charge < -0.3 is 25.4 Å². The first-order valence-electron chi connectivity index (χ1n) is 13.6. The molecule has 1 saturated heterocycles. The van der Waals surface area contributed by atoms with E-state index in [9.17, 15) is 19.5 Å². The number of aromatic nitrogens is 1. The van der Waals surface area contributed by atoms with Crippen LogP contribution < -0.4 is 10.6 Å². The van der Waals surface area contributed by atoms with Gasteiger partial charge in [0.2, 0.25) is 11.5 Å². The molecule has 0 bridgehead atoms. The van der Waals surface area contributed by atoms with Crippen molar-refractivity contribution in [3.63, 3.8) is 0 Å². The van der Waals surface area contributed by atoms with Crippen molar-refractivity contribution < 1.29 is 24.2 Å². The van der Waals surface area contributed by atoms with Crippen LogP contribution >= 0.6 is 11.6 Å². The molecule has 2 heterocycles. The van der Waals surface area contributed by atoms with Crippen molar-refractivity contribution in [1.82, 2.24) is 20.5 Å². The highest BCUT2D eigenvalue weighted by Gasteiger charge is 2.53. The number of nitrogens with zero attached hydrogens (tertiary/aromatic N) is 2. The Morgan fingerprint density at radius 1 is 1.05 bits per heavy atom. The summed E-state index contributed by atoms with van der Waals surface area (Å²) in [5.41, 5.74) is 1.07. The number of carbonyl (C=O) groups excluding carboxylic acids is 3. The molecule has 10 heteroatoms. The molecule has 0 saturated carbocycles. The third-order valence-electron chi connectivity index (χ3n) is 7.33. The molecule has 2 aromatic carbocycles. The maximum absolute atomic E-state index is 14.0. The SMILES string of the molecule is CC(C)(C)OC(=O)NCc1ccc(Cl)cc1CNC(=O)[C@@H]1CCCN1C(=O)C1(O)c2ccccc2-c2cccnc21. The van der Waals surface area contributed by atoms with Crippen molar-refractivity contribution in [3.05, 3.63) is 88.2 Å². The van der Waals surface area contributed by atoms with Gasteiger partial charge in [-0.2, -0.15) is 0 Å². The number of rotatable bonds is 6. The van der Waals surface area contributed by atoms with Crippen molar-refractivity contribution >= 4 is 29.5 Å². The molecule has 1 fully saturated rings. The summed E-state index contributed by atoms with van der Waals surface area (Å²) in [5.74, 6) is -0.900. The minimum Gasteiger partial charge on any atom is -0.444 e. The summed E-state index contributed by atoms with van der Waals surface area (Å²) in [6.45, 7) is 6.02. The molecule has 3 amide bonds. The van der Waals surface area contributed by atoms with Crippen LogP contribution in [-0.4, -0.2) is 51.1 Å². The fourth-order valence-electron chi connectivity index (χ4n) is 5.49. The summed E-state index contributed by atoms with van der Waals surface area (Å²) >= 11 is 6.23. The molecule has 9 nitrogen and oxygen atoms in total. The van der Waals surface area contributed by atoms with E-state index in [0.29, 0.717) is 35.5 Å². The smallest absolute Gasteiger partial charge is 0.407 e. The Kier molecular flexibility index (Phi) is 7.76. The van der Waals surface area contributed by atoms with Gasteiger partial charge in [-0.05, 0) is 68.5 Å². The molecule has 1 aliphatic heterocycles. The van der Waals surface area contributed by atoms with E-state index in [0.717, 1.165) is 16.7 Å². The highest BCUT2D eigenvalue weighted by molar-refractivity contribution is 6.30. The maximum Gasteiger partial charge on any atom is 0.407 e. The van der Waals surface area contributed by atoms with E-state index in [-0.39, 0.29) is 24.7 Å². The molecule has 214 valence electrons. The topological polar surface area (TPSA) is 121 Å². The number of nitrogens with one attached hydrogen (secondary N) is 2. The second-order valence-electron chi connectivity index (χ2n) is 11.3. The largest absolute Gasteiger partial charge is 0.444 e. The van der Waals surface area contributed by atoms with E-state index >= 15 is 0 Å². The Morgan fingerprint density at radius 3 is 2.56 bits per heavy atom. The lowest BCUT2D eigenvalue weighted by Gasteiger charge is -2.32. The summed E-state index contributed by atoms with van der Waals surface area (Å²) in [6.07, 6.45) is 2.09. The lowest BCUT2D eigenvalue weighted by Crippen LogP contribution is -2.53. The summed E-state index contributed by atoms with van der Waals surface area (Å²) < 4.78 is 5.31. The number of benzene rings is 2. The van der Waals surface area contributed by atoms with Crippen LogP contribution in [0.15, 0.2) is 60.8 Å². The molecule has 2 atom stereocenters. The number of carbonyl (C=O) groups is 3. The molecule has 1 aliphatic carbocycles. The number of hydrogen-bond acceptors (Lipinski definition) is 6. The summed E-state index contributed by atoms with van der Waals surface area (Å²) in [4.78, 5) is 45.4. The van der Waals surface area contributed by atoms with Crippen LogP contribution in [0.5, 0.6) is 0 Å². The van der Waals surface area contributed by atoms with E-state index in [1.807, 2.05) is 18.2 Å². The lowest BCUT2D eigenvalue weighted by molar-refractivity contribution is -0.152. The van der Waals surface area contributed by atoms with Gasteiger partial charge >= 0.3 is 6.09 Å². The van der Waals surface area contributed by atoms with Gasteiger partial charge in [0.15, 0.2) is 0 Å². The number of pyridine rings is 1. The Hall–Kier alpha value is -3.95. The number of hydrogen-bond donors (Lipinski definition) is 3. The Morgan fingerprint density at radius 2 is 1.78 bits per heavy atom. The van der Waals surface area contributed by atoms with Gasteiger partial charge in [-0.15, -0.1) is 0 Å². The second-order valence-corrected chi connectivity index (χ2v) is 11.7. The quantitative estimate of drug-likeness (QED) is 0.403. The molecule has 0 radical (unpaired) electrons. The van der Waals surface area contributed by atoms with Crippen LogP contribution in [0.2, 0.25) is 5.02 Å². The zero-order chi connectivity index (χ0) is 29.4. The van der Waals surface area contributed by atoms with Gasteiger partial charge in [-0.25, -0.2) is 4.79 Å². The predicted molar refractivity (Wildman–Crippen MR) is 154 cm³/mol. The normalized spacial score (nSPS) is 19.3. The molecule has 3 aromatic rings. The number of halogens is 1. The van der Waals surface area contributed by atoms with E-state index < -0.39 is 29.2 Å². The highest BCUT2D eigenvalue weighted by atomic mass is 35.5. The summed E-state index contributed by atoms with van der Waals surface area (Å²) in [6, 6.07) is 15.3. The molecular formula is C31H33ClN4O5. The fraction of sp³-hybridized carbons (Fsp3) is 0.355. The van der Waals surface area contributed by atoms with Gasteiger partial charge in [0.25, 0.3) is 5.91 Å². The fourth-order valence-corrected chi connectivity index (χ4v) is 5.69.